The van der Waals surface area contributed by atoms with Crippen molar-refractivity contribution in [2.45, 2.75) is 31.8 Å². The molecule has 0 spiro atoms. The first-order valence-corrected chi connectivity index (χ1v) is 13.2. The van der Waals surface area contributed by atoms with Crippen LogP contribution in [0.1, 0.15) is 36.6 Å². The van der Waals surface area contributed by atoms with Crippen LogP contribution in [-0.2, 0) is 21.2 Å². The zero-order valence-electron chi connectivity index (χ0n) is 17.0. The Hall–Kier alpha value is -1.81. The molecule has 2 saturated heterocycles. The van der Waals surface area contributed by atoms with Crippen molar-refractivity contribution < 1.29 is 13.2 Å². The van der Waals surface area contributed by atoms with Gasteiger partial charge in [-0.25, -0.2) is 13.4 Å². The predicted octanol–water partition coefficient (Wildman–Crippen LogP) is 2.54. The number of nitrogens with one attached hydrogen (secondary N) is 1. The molecular weight excluding hydrogens is 420 g/mol. The lowest BCUT2D eigenvalue weighted by Crippen LogP contribution is -2.46. The second kappa shape index (κ2) is 9.55. The minimum atomic E-state index is -3.02. The van der Waals surface area contributed by atoms with Crippen LogP contribution >= 0.6 is 11.3 Å². The number of nitrogens with zero attached hydrogens (tertiary/aromatic N) is 3. The quantitative estimate of drug-likeness (QED) is 0.731. The van der Waals surface area contributed by atoms with E-state index in [1.165, 1.54) is 30.6 Å². The monoisotopic (exact) mass is 448 g/mol. The van der Waals surface area contributed by atoms with Gasteiger partial charge in [-0.2, -0.15) is 0 Å². The molecule has 1 N–H and O–H groups in total. The number of hydrogen-bond donors (Lipinski definition) is 1. The molecule has 3 heterocycles. The molecule has 7 nitrogen and oxygen atoms in total. The van der Waals surface area contributed by atoms with Gasteiger partial charge in [0, 0.05) is 25.0 Å². The molecule has 2 fully saturated rings. The van der Waals surface area contributed by atoms with Gasteiger partial charge in [0.05, 0.1) is 17.2 Å². The predicted molar refractivity (Wildman–Crippen MR) is 119 cm³/mol. The number of thiazole rings is 1. The number of benzene rings is 1. The number of hydrogen-bond acceptors (Lipinski definition) is 7. The maximum absolute atomic E-state index is 13.2. The van der Waals surface area contributed by atoms with E-state index in [2.05, 4.69) is 15.2 Å². The van der Waals surface area contributed by atoms with Gasteiger partial charge in [-0.15, -0.1) is 11.3 Å². The maximum Gasteiger partial charge on any atom is 0.248 e. The van der Waals surface area contributed by atoms with Crippen LogP contribution in [0.25, 0.3) is 0 Å². The van der Waals surface area contributed by atoms with Crippen LogP contribution in [0.5, 0.6) is 0 Å². The van der Waals surface area contributed by atoms with Gasteiger partial charge in [-0.05, 0) is 31.5 Å². The Labute approximate surface area is 182 Å². The Morgan fingerprint density at radius 1 is 1.07 bits per heavy atom. The van der Waals surface area contributed by atoms with Crippen LogP contribution in [0, 0.1) is 0 Å². The van der Waals surface area contributed by atoms with Crippen molar-refractivity contribution in [1.29, 1.82) is 0 Å². The SMILES string of the molecule is O=C(Nc1nc(CN2CCCCC2)cs1)C(c1ccccc1)N1CCS(=O)(=O)CC1. The molecule has 162 valence electrons. The van der Waals surface area contributed by atoms with Gasteiger partial charge in [-0.1, -0.05) is 36.8 Å². The van der Waals surface area contributed by atoms with Crippen LogP contribution in [0.4, 0.5) is 5.13 Å². The Morgan fingerprint density at radius 3 is 2.47 bits per heavy atom. The summed E-state index contributed by atoms with van der Waals surface area (Å²) in [7, 11) is -3.02. The fourth-order valence-electron chi connectivity index (χ4n) is 4.11. The fourth-order valence-corrected chi connectivity index (χ4v) is 6.04. The first-order valence-electron chi connectivity index (χ1n) is 10.5. The zero-order valence-corrected chi connectivity index (χ0v) is 18.6. The summed E-state index contributed by atoms with van der Waals surface area (Å²) in [5.41, 5.74) is 1.84. The van der Waals surface area contributed by atoms with E-state index in [-0.39, 0.29) is 17.4 Å². The summed E-state index contributed by atoms with van der Waals surface area (Å²) in [6.45, 7) is 3.74. The smallest absolute Gasteiger partial charge is 0.248 e. The number of rotatable bonds is 6. The Morgan fingerprint density at radius 2 is 1.77 bits per heavy atom. The number of sulfone groups is 1. The summed E-state index contributed by atoms with van der Waals surface area (Å²) in [5, 5.41) is 5.58. The molecule has 0 aliphatic carbocycles. The summed E-state index contributed by atoms with van der Waals surface area (Å²) in [6, 6.07) is 9.00. The van der Waals surface area contributed by atoms with E-state index in [0.717, 1.165) is 30.9 Å². The van der Waals surface area contributed by atoms with E-state index in [1.807, 2.05) is 40.6 Å². The molecule has 9 heteroatoms. The molecule has 4 rings (SSSR count). The number of likely N-dealkylation sites (tertiary alicyclic amines) is 1. The summed E-state index contributed by atoms with van der Waals surface area (Å²) < 4.78 is 23.7. The lowest BCUT2D eigenvalue weighted by Gasteiger charge is -2.33. The van der Waals surface area contributed by atoms with Crippen LogP contribution in [-0.4, -0.2) is 66.8 Å². The van der Waals surface area contributed by atoms with E-state index in [0.29, 0.717) is 18.2 Å². The molecular formula is C21H28N4O3S2. The highest BCUT2D eigenvalue weighted by Gasteiger charge is 2.32. The molecule has 0 saturated carbocycles. The summed E-state index contributed by atoms with van der Waals surface area (Å²) >= 11 is 1.44. The van der Waals surface area contributed by atoms with Gasteiger partial charge < -0.3 is 5.32 Å². The minimum absolute atomic E-state index is 0.0842. The van der Waals surface area contributed by atoms with Crippen molar-refractivity contribution in [2.24, 2.45) is 0 Å². The van der Waals surface area contributed by atoms with Crippen LogP contribution in [0.2, 0.25) is 0 Å². The van der Waals surface area contributed by atoms with Crippen LogP contribution in [0.15, 0.2) is 35.7 Å². The zero-order chi connectivity index (χ0) is 21.0. The van der Waals surface area contributed by atoms with Crippen LogP contribution in [0.3, 0.4) is 0 Å². The number of carbonyl (C=O) groups excluding carboxylic acids is 1. The average Bonchev–Trinajstić information content (AvgIpc) is 3.17. The summed E-state index contributed by atoms with van der Waals surface area (Å²) in [5.74, 6) is 0.00110. The Balaban J connectivity index is 1.45. The first-order chi connectivity index (χ1) is 14.5. The molecule has 0 radical (unpaired) electrons. The molecule has 1 aromatic heterocycles. The third-order valence-electron chi connectivity index (χ3n) is 5.72. The van der Waals surface area contributed by atoms with E-state index in [9.17, 15) is 13.2 Å². The molecule has 1 amide bonds. The second-order valence-corrected chi connectivity index (χ2v) is 11.1. The van der Waals surface area contributed by atoms with E-state index in [1.54, 1.807) is 0 Å². The lowest BCUT2D eigenvalue weighted by molar-refractivity contribution is -0.121. The lowest BCUT2D eigenvalue weighted by atomic mass is 10.0. The molecule has 2 aromatic rings. The van der Waals surface area contributed by atoms with E-state index >= 15 is 0 Å². The van der Waals surface area contributed by atoms with Crippen molar-refractivity contribution in [3.63, 3.8) is 0 Å². The number of carbonyl (C=O) groups is 1. The van der Waals surface area contributed by atoms with Gasteiger partial charge in [0.15, 0.2) is 15.0 Å². The molecule has 30 heavy (non-hydrogen) atoms. The van der Waals surface area contributed by atoms with Gasteiger partial charge in [0.25, 0.3) is 0 Å². The number of piperidine rings is 1. The highest BCUT2D eigenvalue weighted by Crippen LogP contribution is 2.26. The number of anilines is 1. The maximum atomic E-state index is 13.2. The molecule has 2 aliphatic rings. The van der Waals surface area contributed by atoms with Crippen molar-refractivity contribution in [3.05, 3.63) is 47.0 Å². The molecule has 2 aliphatic heterocycles. The summed E-state index contributed by atoms with van der Waals surface area (Å²) in [6.07, 6.45) is 3.77. The standard InChI is InChI=1S/C21H28N4O3S2/c26-20(23-21-22-18(16-29-21)15-24-9-5-2-6-10-24)19(17-7-3-1-4-8-17)25-11-13-30(27,28)14-12-25/h1,3-4,7-8,16,19H,2,5-6,9-15H2,(H,22,23,26). The normalized spacial score (nSPS) is 21.2. The van der Waals surface area contributed by atoms with Crippen molar-refractivity contribution in [2.75, 3.05) is 43.0 Å². The van der Waals surface area contributed by atoms with Crippen molar-refractivity contribution in [3.8, 4) is 0 Å². The number of amides is 1. The Bertz CT molecular complexity index is 942. The van der Waals surface area contributed by atoms with Crippen molar-refractivity contribution in [1.82, 2.24) is 14.8 Å². The van der Waals surface area contributed by atoms with Gasteiger partial charge in [0.2, 0.25) is 5.91 Å². The van der Waals surface area contributed by atoms with Crippen molar-refractivity contribution >= 4 is 32.2 Å². The Kier molecular flexibility index (Phi) is 6.82. The topological polar surface area (TPSA) is 82.6 Å². The van der Waals surface area contributed by atoms with E-state index in [4.69, 9.17) is 0 Å². The van der Waals surface area contributed by atoms with Gasteiger partial charge in [0.1, 0.15) is 6.04 Å². The third-order valence-corrected chi connectivity index (χ3v) is 8.14. The van der Waals surface area contributed by atoms with Crippen LogP contribution < -0.4 is 5.32 Å². The van der Waals surface area contributed by atoms with Gasteiger partial charge in [-0.3, -0.25) is 14.6 Å². The van der Waals surface area contributed by atoms with E-state index < -0.39 is 15.9 Å². The average molecular weight is 449 g/mol. The highest BCUT2D eigenvalue weighted by molar-refractivity contribution is 7.91. The first kappa shape index (κ1) is 21.4. The van der Waals surface area contributed by atoms with Gasteiger partial charge >= 0.3 is 0 Å². The second-order valence-electron chi connectivity index (χ2n) is 7.97. The molecule has 1 atom stereocenters. The summed E-state index contributed by atoms with van der Waals surface area (Å²) in [4.78, 5) is 22.2. The largest absolute Gasteiger partial charge is 0.300 e. The minimum Gasteiger partial charge on any atom is -0.300 e. The fraction of sp³-hybridized carbons (Fsp3) is 0.524. The molecule has 1 aromatic carbocycles. The number of aromatic nitrogens is 1. The highest BCUT2D eigenvalue weighted by atomic mass is 32.2. The molecule has 0 bridgehead atoms. The third kappa shape index (κ3) is 5.46. The molecule has 1 unspecified atom stereocenters.